The standard InChI is InChI=1S/C16H24ClNO/c1-11(19)12-5-6-15(14(17)9-12)18-8-7-13(10-18)16(2,3)4/h5-6,9,11,13,19H,7-8,10H2,1-4H3/t11-,13?/m1/s1. The van der Waals surface area contributed by atoms with Gasteiger partial charge in [-0.2, -0.15) is 0 Å². The zero-order chi connectivity index (χ0) is 14.2. The van der Waals surface area contributed by atoms with E-state index in [4.69, 9.17) is 11.6 Å². The van der Waals surface area contributed by atoms with E-state index in [0.717, 1.165) is 29.4 Å². The molecule has 1 heterocycles. The monoisotopic (exact) mass is 281 g/mol. The van der Waals surface area contributed by atoms with Crippen LogP contribution in [0.1, 0.15) is 45.8 Å². The summed E-state index contributed by atoms with van der Waals surface area (Å²) in [6.07, 6.45) is 0.755. The summed E-state index contributed by atoms with van der Waals surface area (Å²) in [5, 5.41) is 10.3. The van der Waals surface area contributed by atoms with E-state index in [0.29, 0.717) is 11.3 Å². The van der Waals surface area contributed by atoms with Gasteiger partial charge in [0, 0.05) is 13.1 Å². The largest absolute Gasteiger partial charge is 0.389 e. The molecule has 0 amide bonds. The number of hydrogen-bond acceptors (Lipinski definition) is 2. The van der Waals surface area contributed by atoms with Gasteiger partial charge < -0.3 is 10.0 Å². The van der Waals surface area contributed by atoms with Gasteiger partial charge >= 0.3 is 0 Å². The summed E-state index contributed by atoms with van der Waals surface area (Å²) in [7, 11) is 0. The van der Waals surface area contributed by atoms with Crippen molar-refractivity contribution in [2.24, 2.45) is 11.3 Å². The quantitative estimate of drug-likeness (QED) is 0.875. The molecule has 1 saturated heterocycles. The summed E-state index contributed by atoms with van der Waals surface area (Å²) in [5.41, 5.74) is 2.32. The molecule has 0 aliphatic carbocycles. The second-order valence-corrected chi connectivity index (χ2v) is 7.09. The Hall–Kier alpha value is -0.730. The van der Waals surface area contributed by atoms with Crippen LogP contribution >= 0.6 is 11.6 Å². The molecule has 0 aromatic heterocycles. The third kappa shape index (κ3) is 3.24. The first-order valence-corrected chi connectivity index (χ1v) is 7.39. The maximum absolute atomic E-state index is 9.58. The second kappa shape index (κ2) is 5.34. The van der Waals surface area contributed by atoms with Crippen LogP contribution in [0.25, 0.3) is 0 Å². The number of nitrogens with zero attached hydrogens (tertiary/aromatic N) is 1. The highest BCUT2D eigenvalue weighted by atomic mass is 35.5. The van der Waals surface area contributed by atoms with Crippen molar-refractivity contribution in [3.05, 3.63) is 28.8 Å². The first-order valence-electron chi connectivity index (χ1n) is 7.01. The van der Waals surface area contributed by atoms with Crippen molar-refractivity contribution in [1.82, 2.24) is 0 Å². The summed E-state index contributed by atoms with van der Waals surface area (Å²) in [5.74, 6) is 0.708. The molecule has 19 heavy (non-hydrogen) atoms. The van der Waals surface area contributed by atoms with E-state index in [1.807, 2.05) is 18.2 Å². The molecule has 1 fully saturated rings. The minimum Gasteiger partial charge on any atom is -0.389 e. The molecule has 1 aliphatic rings. The molecule has 0 bridgehead atoms. The summed E-state index contributed by atoms with van der Waals surface area (Å²) < 4.78 is 0. The lowest BCUT2D eigenvalue weighted by Crippen LogP contribution is -2.26. The predicted octanol–water partition coefficient (Wildman–Crippen LogP) is 4.27. The molecule has 1 aliphatic heterocycles. The number of halogens is 1. The third-order valence-corrected chi connectivity index (χ3v) is 4.51. The molecule has 1 aromatic rings. The third-order valence-electron chi connectivity index (χ3n) is 4.21. The predicted molar refractivity (Wildman–Crippen MR) is 81.9 cm³/mol. The van der Waals surface area contributed by atoms with Crippen LogP contribution in [0.2, 0.25) is 5.02 Å². The Morgan fingerprint density at radius 2 is 2.05 bits per heavy atom. The van der Waals surface area contributed by atoms with Gasteiger partial charge in [-0.15, -0.1) is 0 Å². The molecule has 106 valence electrons. The van der Waals surface area contributed by atoms with E-state index in [-0.39, 0.29) is 0 Å². The minimum absolute atomic E-state index is 0.348. The lowest BCUT2D eigenvalue weighted by atomic mass is 9.80. The zero-order valence-corrected chi connectivity index (χ0v) is 13.0. The first-order chi connectivity index (χ1) is 8.79. The Balaban J connectivity index is 2.16. The molecule has 0 radical (unpaired) electrons. The number of aliphatic hydroxyl groups is 1. The van der Waals surface area contributed by atoms with Gasteiger partial charge in [0.1, 0.15) is 0 Å². The molecule has 2 rings (SSSR count). The average molecular weight is 282 g/mol. The summed E-state index contributed by atoms with van der Waals surface area (Å²) in [6, 6.07) is 5.89. The van der Waals surface area contributed by atoms with Gasteiger partial charge in [0.15, 0.2) is 0 Å². The number of benzene rings is 1. The number of rotatable bonds is 2. The normalized spacial score (nSPS) is 21.8. The van der Waals surface area contributed by atoms with Crippen molar-refractivity contribution in [3.8, 4) is 0 Å². The zero-order valence-electron chi connectivity index (χ0n) is 12.3. The maximum atomic E-state index is 9.58. The SMILES string of the molecule is C[C@@H](O)c1ccc(N2CCC(C(C)(C)C)C2)c(Cl)c1. The van der Waals surface area contributed by atoms with Gasteiger partial charge in [-0.05, 0) is 42.4 Å². The van der Waals surface area contributed by atoms with E-state index in [1.54, 1.807) is 6.92 Å². The Bertz CT molecular complexity index is 451. The van der Waals surface area contributed by atoms with Crippen molar-refractivity contribution in [3.63, 3.8) is 0 Å². The van der Waals surface area contributed by atoms with Crippen LogP contribution in [0, 0.1) is 11.3 Å². The van der Waals surface area contributed by atoms with Gasteiger partial charge in [-0.25, -0.2) is 0 Å². The molecule has 2 atom stereocenters. The minimum atomic E-state index is -0.465. The Morgan fingerprint density at radius 1 is 1.37 bits per heavy atom. The number of aliphatic hydroxyl groups excluding tert-OH is 1. The van der Waals surface area contributed by atoms with Crippen LogP contribution in [0.3, 0.4) is 0 Å². The van der Waals surface area contributed by atoms with Crippen LogP contribution in [-0.2, 0) is 0 Å². The van der Waals surface area contributed by atoms with Crippen molar-refractivity contribution in [1.29, 1.82) is 0 Å². The van der Waals surface area contributed by atoms with Gasteiger partial charge in [-0.1, -0.05) is 38.4 Å². The molecule has 1 aromatic carbocycles. The van der Waals surface area contributed by atoms with Crippen molar-refractivity contribution >= 4 is 17.3 Å². The van der Waals surface area contributed by atoms with Crippen LogP contribution in [0.15, 0.2) is 18.2 Å². The first kappa shape index (κ1) is 14.7. The lowest BCUT2D eigenvalue weighted by molar-refractivity contribution is 0.199. The number of hydrogen-bond donors (Lipinski definition) is 1. The van der Waals surface area contributed by atoms with Crippen molar-refractivity contribution in [2.45, 2.75) is 40.2 Å². The molecular formula is C16H24ClNO. The van der Waals surface area contributed by atoms with Gasteiger partial charge in [0.2, 0.25) is 0 Å². The molecule has 0 spiro atoms. The molecular weight excluding hydrogens is 258 g/mol. The molecule has 3 heteroatoms. The molecule has 0 saturated carbocycles. The van der Waals surface area contributed by atoms with Crippen LogP contribution in [0.5, 0.6) is 0 Å². The van der Waals surface area contributed by atoms with Gasteiger partial charge in [0.05, 0.1) is 16.8 Å². The van der Waals surface area contributed by atoms with E-state index in [2.05, 4.69) is 25.7 Å². The summed E-state index contributed by atoms with van der Waals surface area (Å²) in [4.78, 5) is 2.37. The fourth-order valence-corrected chi connectivity index (χ4v) is 3.03. The highest BCUT2D eigenvalue weighted by molar-refractivity contribution is 6.33. The Kier molecular flexibility index (Phi) is 4.12. The topological polar surface area (TPSA) is 23.5 Å². The van der Waals surface area contributed by atoms with Gasteiger partial charge in [0.25, 0.3) is 0 Å². The Morgan fingerprint density at radius 3 is 2.53 bits per heavy atom. The lowest BCUT2D eigenvalue weighted by Gasteiger charge is -2.28. The second-order valence-electron chi connectivity index (χ2n) is 6.68. The van der Waals surface area contributed by atoms with Crippen molar-refractivity contribution < 1.29 is 5.11 Å². The Labute approximate surface area is 121 Å². The molecule has 1 unspecified atom stereocenters. The van der Waals surface area contributed by atoms with Crippen LogP contribution in [0.4, 0.5) is 5.69 Å². The number of anilines is 1. The van der Waals surface area contributed by atoms with Crippen molar-refractivity contribution in [2.75, 3.05) is 18.0 Å². The van der Waals surface area contributed by atoms with E-state index in [1.165, 1.54) is 6.42 Å². The van der Waals surface area contributed by atoms with Crippen LogP contribution in [-0.4, -0.2) is 18.2 Å². The molecule has 1 N–H and O–H groups in total. The summed E-state index contributed by atoms with van der Waals surface area (Å²) >= 11 is 6.36. The fourth-order valence-electron chi connectivity index (χ4n) is 2.73. The maximum Gasteiger partial charge on any atom is 0.0762 e. The fraction of sp³-hybridized carbons (Fsp3) is 0.625. The molecule has 2 nitrogen and oxygen atoms in total. The highest BCUT2D eigenvalue weighted by Crippen LogP contribution is 2.38. The van der Waals surface area contributed by atoms with E-state index in [9.17, 15) is 5.11 Å². The van der Waals surface area contributed by atoms with E-state index >= 15 is 0 Å². The smallest absolute Gasteiger partial charge is 0.0762 e. The highest BCUT2D eigenvalue weighted by Gasteiger charge is 2.32. The summed E-state index contributed by atoms with van der Waals surface area (Å²) in [6.45, 7) is 10.8. The van der Waals surface area contributed by atoms with Crippen LogP contribution < -0.4 is 4.90 Å². The van der Waals surface area contributed by atoms with E-state index < -0.39 is 6.10 Å². The average Bonchev–Trinajstić information content (AvgIpc) is 2.77. The van der Waals surface area contributed by atoms with Gasteiger partial charge in [-0.3, -0.25) is 0 Å².